The van der Waals surface area contributed by atoms with Crippen LogP contribution in [0.2, 0.25) is 0 Å². The quantitative estimate of drug-likeness (QED) is 0.893. The third-order valence-corrected chi connectivity index (χ3v) is 4.28. The molecule has 0 aromatic heterocycles. The lowest BCUT2D eigenvalue weighted by atomic mass is 10.00. The van der Waals surface area contributed by atoms with Gasteiger partial charge in [-0.2, -0.15) is 0 Å². The van der Waals surface area contributed by atoms with Crippen molar-refractivity contribution >= 4 is 0 Å². The normalized spacial score (nSPS) is 27.5. The van der Waals surface area contributed by atoms with Gasteiger partial charge in [-0.3, -0.25) is 4.90 Å². The zero-order valence-corrected chi connectivity index (χ0v) is 12.6. The van der Waals surface area contributed by atoms with Crippen molar-refractivity contribution in [2.24, 2.45) is 0 Å². The minimum absolute atomic E-state index is 0.582. The second kappa shape index (κ2) is 7.06. The highest BCUT2D eigenvalue weighted by atomic mass is 15.2. The maximum atomic E-state index is 3.67. The monoisotopic (exact) mass is 260 g/mol. The lowest BCUT2D eigenvalue weighted by molar-refractivity contribution is 0.158. The van der Waals surface area contributed by atoms with E-state index in [9.17, 15) is 0 Å². The molecule has 0 saturated carbocycles. The second-order valence-electron chi connectivity index (χ2n) is 5.92. The molecule has 1 aliphatic heterocycles. The minimum Gasteiger partial charge on any atom is -0.312 e. The molecule has 3 unspecified atom stereocenters. The van der Waals surface area contributed by atoms with Crippen molar-refractivity contribution in [3.05, 3.63) is 35.9 Å². The highest BCUT2D eigenvalue weighted by molar-refractivity contribution is 5.19. The molecule has 1 saturated heterocycles. The Bertz CT molecular complexity index is 351. The zero-order valence-electron chi connectivity index (χ0n) is 12.6. The van der Waals surface area contributed by atoms with Gasteiger partial charge in [0.15, 0.2) is 0 Å². The molecule has 2 nitrogen and oxygen atoms in total. The van der Waals surface area contributed by atoms with Gasteiger partial charge in [0.05, 0.1) is 0 Å². The Labute approximate surface area is 118 Å². The van der Waals surface area contributed by atoms with Gasteiger partial charge in [0.1, 0.15) is 0 Å². The van der Waals surface area contributed by atoms with Gasteiger partial charge in [0, 0.05) is 31.2 Å². The van der Waals surface area contributed by atoms with Crippen molar-refractivity contribution in [2.75, 3.05) is 13.1 Å². The van der Waals surface area contributed by atoms with Crippen LogP contribution in [0.4, 0.5) is 0 Å². The summed E-state index contributed by atoms with van der Waals surface area (Å²) in [5.74, 6) is 0. The van der Waals surface area contributed by atoms with Crippen LogP contribution in [0.1, 0.15) is 51.6 Å². The molecule has 0 aliphatic carbocycles. The van der Waals surface area contributed by atoms with E-state index in [4.69, 9.17) is 0 Å². The van der Waals surface area contributed by atoms with E-state index in [1.165, 1.54) is 37.9 Å². The molecule has 3 atom stereocenters. The Kier molecular flexibility index (Phi) is 5.41. The maximum absolute atomic E-state index is 3.67. The predicted octanol–water partition coefficient (Wildman–Crippen LogP) is 3.60. The van der Waals surface area contributed by atoms with Crippen molar-refractivity contribution in [1.29, 1.82) is 0 Å². The largest absolute Gasteiger partial charge is 0.312 e. The maximum Gasteiger partial charge on any atom is 0.0345 e. The van der Waals surface area contributed by atoms with E-state index >= 15 is 0 Å². The molecule has 0 bridgehead atoms. The Morgan fingerprint density at radius 3 is 2.21 bits per heavy atom. The lowest BCUT2D eigenvalue weighted by Crippen LogP contribution is -2.44. The van der Waals surface area contributed by atoms with Crippen LogP contribution in [-0.2, 0) is 0 Å². The van der Waals surface area contributed by atoms with Crippen LogP contribution in [0.3, 0.4) is 0 Å². The van der Waals surface area contributed by atoms with Gasteiger partial charge < -0.3 is 5.32 Å². The van der Waals surface area contributed by atoms with E-state index in [1.807, 2.05) is 0 Å². The van der Waals surface area contributed by atoms with E-state index in [2.05, 4.69) is 61.3 Å². The molecular formula is C17H28N2. The first kappa shape index (κ1) is 14.5. The Hall–Kier alpha value is -0.860. The molecule has 1 aromatic rings. The first-order valence-corrected chi connectivity index (χ1v) is 7.75. The fourth-order valence-corrected chi connectivity index (χ4v) is 3.17. The zero-order chi connectivity index (χ0) is 13.7. The Morgan fingerprint density at radius 2 is 1.68 bits per heavy atom. The average Bonchev–Trinajstić information content (AvgIpc) is 2.41. The molecule has 0 amide bonds. The number of hydrogen-bond acceptors (Lipinski definition) is 2. The van der Waals surface area contributed by atoms with E-state index in [1.54, 1.807) is 0 Å². The van der Waals surface area contributed by atoms with Gasteiger partial charge in [0.25, 0.3) is 0 Å². The van der Waals surface area contributed by atoms with E-state index in [-0.39, 0.29) is 0 Å². The summed E-state index contributed by atoms with van der Waals surface area (Å²) in [6.07, 6.45) is 3.68. The summed E-state index contributed by atoms with van der Waals surface area (Å²) >= 11 is 0. The van der Waals surface area contributed by atoms with Gasteiger partial charge in [-0.05, 0) is 38.7 Å². The molecule has 1 heterocycles. The lowest BCUT2D eigenvalue weighted by Gasteiger charge is -2.36. The SMILES string of the molecule is CCC(c1ccccc1)N1CCC(C)NC(C)CC1. The van der Waals surface area contributed by atoms with Crippen molar-refractivity contribution in [3.8, 4) is 0 Å². The number of hydrogen-bond donors (Lipinski definition) is 1. The number of rotatable bonds is 3. The summed E-state index contributed by atoms with van der Waals surface area (Å²) in [6, 6.07) is 12.8. The van der Waals surface area contributed by atoms with Crippen molar-refractivity contribution in [2.45, 2.75) is 58.2 Å². The topological polar surface area (TPSA) is 15.3 Å². The number of benzene rings is 1. The molecule has 0 radical (unpaired) electrons. The molecule has 1 aliphatic rings. The molecule has 2 rings (SSSR count). The molecule has 1 fully saturated rings. The number of nitrogens with zero attached hydrogens (tertiary/aromatic N) is 1. The molecule has 0 spiro atoms. The molecule has 1 N–H and O–H groups in total. The van der Waals surface area contributed by atoms with Crippen LogP contribution < -0.4 is 5.32 Å². The second-order valence-corrected chi connectivity index (χ2v) is 5.92. The fraction of sp³-hybridized carbons (Fsp3) is 0.647. The standard InChI is InChI=1S/C17H28N2/c1-4-17(16-8-6-5-7-9-16)19-12-10-14(2)18-15(3)11-13-19/h5-9,14-15,17-18H,4,10-13H2,1-3H3. The Morgan fingerprint density at radius 1 is 1.11 bits per heavy atom. The summed E-state index contributed by atoms with van der Waals surface area (Å²) in [4.78, 5) is 2.68. The highest BCUT2D eigenvalue weighted by Crippen LogP contribution is 2.25. The van der Waals surface area contributed by atoms with Gasteiger partial charge in [-0.1, -0.05) is 37.3 Å². The van der Waals surface area contributed by atoms with Crippen molar-refractivity contribution in [3.63, 3.8) is 0 Å². The van der Waals surface area contributed by atoms with E-state index in [0.717, 1.165) is 0 Å². The van der Waals surface area contributed by atoms with Crippen LogP contribution in [-0.4, -0.2) is 30.1 Å². The molecule has 1 aromatic carbocycles. The molecule has 19 heavy (non-hydrogen) atoms. The smallest absolute Gasteiger partial charge is 0.0345 e. The van der Waals surface area contributed by atoms with Crippen LogP contribution in [0.5, 0.6) is 0 Å². The van der Waals surface area contributed by atoms with E-state index in [0.29, 0.717) is 18.1 Å². The third-order valence-electron chi connectivity index (χ3n) is 4.28. The highest BCUT2D eigenvalue weighted by Gasteiger charge is 2.22. The fourth-order valence-electron chi connectivity index (χ4n) is 3.17. The molecule has 2 heteroatoms. The van der Waals surface area contributed by atoms with Gasteiger partial charge >= 0.3 is 0 Å². The van der Waals surface area contributed by atoms with Crippen LogP contribution in [0.25, 0.3) is 0 Å². The van der Waals surface area contributed by atoms with Crippen LogP contribution in [0, 0.1) is 0 Å². The van der Waals surface area contributed by atoms with Crippen LogP contribution >= 0.6 is 0 Å². The van der Waals surface area contributed by atoms with Gasteiger partial charge in [-0.15, -0.1) is 0 Å². The summed E-state index contributed by atoms with van der Waals surface area (Å²) in [5.41, 5.74) is 1.47. The summed E-state index contributed by atoms with van der Waals surface area (Å²) in [7, 11) is 0. The number of nitrogens with one attached hydrogen (secondary N) is 1. The summed E-state index contributed by atoms with van der Waals surface area (Å²) < 4.78 is 0. The van der Waals surface area contributed by atoms with Crippen molar-refractivity contribution < 1.29 is 0 Å². The molecular weight excluding hydrogens is 232 g/mol. The average molecular weight is 260 g/mol. The van der Waals surface area contributed by atoms with Gasteiger partial charge in [-0.25, -0.2) is 0 Å². The van der Waals surface area contributed by atoms with Crippen molar-refractivity contribution in [1.82, 2.24) is 10.2 Å². The first-order valence-electron chi connectivity index (χ1n) is 7.75. The van der Waals surface area contributed by atoms with Crippen LogP contribution in [0.15, 0.2) is 30.3 Å². The predicted molar refractivity (Wildman–Crippen MR) is 82.3 cm³/mol. The summed E-state index contributed by atoms with van der Waals surface area (Å²) in [5, 5.41) is 3.67. The molecule has 106 valence electrons. The minimum atomic E-state index is 0.582. The summed E-state index contributed by atoms with van der Waals surface area (Å²) in [6.45, 7) is 9.33. The van der Waals surface area contributed by atoms with E-state index < -0.39 is 0 Å². The van der Waals surface area contributed by atoms with Gasteiger partial charge in [0.2, 0.25) is 0 Å². The first-order chi connectivity index (χ1) is 9.20. The Balaban J connectivity index is 2.08. The third kappa shape index (κ3) is 4.05.